The second-order valence-corrected chi connectivity index (χ2v) is 3.08. The highest BCUT2D eigenvalue weighted by Gasteiger charge is 2.40. The Morgan fingerprint density at radius 2 is 1.80 bits per heavy atom. The Kier molecular flexibility index (Phi) is 2.87. The summed E-state index contributed by atoms with van der Waals surface area (Å²) in [5.74, 6) is 0. The third-order valence-electron chi connectivity index (χ3n) is 1.49. The van der Waals surface area contributed by atoms with Crippen molar-refractivity contribution in [3.63, 3.8) is 0 Å². The molecule has 5 heteroatoms. The van der Waals surface area contributed by atoms with E-state index in [-0.39, 0.29) is 0 Å². The van der Waals surface area contributed by atoms with Crippen molar-refractivity contribution in [2.24, 2.45) is 0 Å². The van der Waals surface area contributed by atoms with Crippen molar-refractivity contribution in [3.8, 4) is 0 Å². The fraction of sp³-hybridized carbons (Fsp3) is 1.00. The molecule has 0 aliphatic carbocycles. The predicted octanol–water partition coefficient (Wildman–Crippen LogP) is -1.14. The molecule has 0 spiro atoms. The minimum atomic E-state index is -1.23. The van der Waals surface area contributed by atoms with Crippen LogP contribution in [0.1, 0.15) is 0 Å². The van der Waals surface area contributed by atoms with Gasteiger partial charge in [-0.05, 0) is 0 Å². The van der Waals surface area contributed by atoms with Gasteiger partial charge in [0.2, 0.25) is 0 Å². The molecule has 0 bridgehead atoms. The lowest BCUT2D eigenvalue weighted by Gasteiger charge is -2.09. The van der Waals surface area contributed by atoms with Gasteiger partial charge in [0.15, 0.2) is 6.29 Å². The van der Waals surface area contributed by atoms with Crippen molar-refractivity contribution < 1.29 is 20.1 Å². The largest absolute Gasteiger partial charge is 0.387 e. The molecule has 10 heavy (non-hydrogen) atoms. The Morgan fingerprint density at radius 3 is 2.00 bits per heavy atom. The Balaban J connectivity index is 2.53. The van der Waals surface area contributed by atoms with Crippen LogP contribution in [-0.4, -0.2) is 44.3 Å². The van der Waals surface area contributed by atoms with Crippen LogP contribution in [0.4, 0.5) is 0 Å². The Morgan fingerprint density at radius 1 is 1.20 bits per heavy atom. The van der Waals surface area contributed by atoms with Gasteiger partial charge in [0.25, 0.3) is 0 Å². The van der Waals surface area contributed by atoms with Crippen molar-refractivity contribution in [1.82, 2.24) is 0 Å². The molecular formula is C5H9IO4. The maximum atomic E-state index is 9.09. The first-order valence-electron chi connectivity index (χ1n) is 2.92. The average Bonchev–Trinajstić information content (AvgIpc) is 2.17. The molecule has 1 heterocycles. The first-order valence-corrected chi connectivity index (χ1v) is 4.45. The zero-order valence-electron chi connectivity index (χ0n) is 5.14. The first-order chi connectivity index (χ1) is 4.66. The number of hydrogen-bond donors (Lipinski definition) is 3. The highest BCUT2D eigenvalue weighted by molar-refractivity contribution is 14.1. The third kappa shape index (κ3) is 1.42. The number of aliphatic hydroxyl groups is 3. The minimum absolute atomic E-state index is 0.439. The van der Waals surface area contributed by atoms with E-state index in [0.29, 0.717) is 4.43 Å². The summed E-state index contributed by atoms with van der Waals surface area (Å²) in [7, 11) is 0. The molecule has 0 radical (unpaired) electrons. The van der Waals surface area contributed by atoms with E-state index in [0.717, 1.165) is 0 Å². The van der Waals surface area contributed by atoms with Crippen molar-refractivity contribution in [2.75, 3.05) is 4.43 Å². The van der Waals surface area contributed by atoms with E-state index >= 15 is 0 Å². The molecule has 0 aromatic rings. The van der Waals surface area contributed by atoms with Crippen LogP contribution in [0.25, 0.3) is 0 Å². The summed E-state index contributed by atoms with van der Waals surface area (Å²) in [6.07, 6.45) is -3.77. The molecule has 1 aliphatic rings. The monoisotopic (exact) mass is 260 g/mol. The molecule has 4 nitrogen and oxygen atoms in total. The fourth-order valence-corrected chi connectivity index (χ4v) is 1.58. The van der Waals surface area contributed by atoms with Crippen LogP contribution in [0.2, 0.25) is 0 Å². The van der Waals surface area contributed by atoms with Gasteiger partial charge in [0, 0.05) is 4.43 Å². The summed E-state index contributed by atoms with van der Waals surface area (Å²) >= 11 is 2.02. The lowest BCUT2D eigenvalue weighted by Crippen LogP contribution is -2.32. The predicted molar refractivity (Wildman–Crippen MR) is 41.8 cm³/mol. The van der Waals surface area contributed by atoms with Gasteiger partial charge in [-0.2, -0.15) is 0 Å². The van der Waals surface area contributed by atoms with Gasteiger partial charge < -0.3 is 20.1 Å². The van der Waals surface area contributed by atoms with Gasteiger partial charge in [-0.25, -0.2) is 0 Å². The van der Waals surface area contributed by atoms with Crippen LogP contribution in [0.15, 0.2) is 0 Å². The van der Waals surface area contributed by atoms with Gasteiger partial charge in [0.05, 0.1) is 6.10 Å². The van der Waals surface area contributed by atoms with E-state index in [2.05, 4.69) is 0 Å². The van der Waals surface area contributed by atoms with Gasteiger partial charge in [0.1, 0.15) is 12.2 Å². The maximum Gasteiger partial charge on any atom is 0.183 e. The first kappa shape index (κ1) is 8.66. The van der Waals surface area contributed by atoms with Gasteiger partial charge >= 0.3 is 0 Å². The summed E-state index contributed by atoms with van der Waals surface area (Å²) < 4.78 is 5.35. The number of rotatable bonds is 1. The molecule has 60 valence electrons. The molecule has 3 N–H and O–H groups in total. The Labute approximate surface area is 72.0 Å². The number of alkyl halides is 1. The van der Waals surface area contributed by atoms with E-state index in [4.69, 9.17) is 20.1 Å². The van der Waals surface area contributed by atoms with E-state index < -0.39 is 24.6 Å². The Bertz CT molecular complexity index is 120. The highest BCUT2D eigenvalue weighted by Crippen LogP contribution is 2.20. The van der Waals surface area contributed by atoms with E-state index in [1.54, 1.807) is 0 Å². The van der Waals surface area contributed by atoms with Crippen LogP contribution in [-0.2, 0) is 4.74 Å². The van der Waals surface area contributed by atoms with Gasteiger partial charge in [-0.1, -0.05) is 22.6 Å². The zero-order valence-corrected chi connectivity index (χ0v) is 7.30. The molecule has 1 rings (SSSR count). The van der Waals surface area contributed by atoms with E-state index in [1.165, 1.54) is 0 Å². The summed E-state index contributed by atoms with van der Waals surface area (Å²) in [5.41, 5.74) is 0. The number of hydrogen-bond acceptors (Lipinski definition) is 4. The van der Waals surface area contributed by atoms with E-state index in [9.17, 15) is 0 Å². The summed E-state index contributed by atoms with van der Waals surface area (Å²) in [6, 6.07) is 0. The lowest BCUT2D eigenvalue weighted by atomic mass is 10.2. The molecule has 1 saturated heterocycles. The summed E-state index contributed by atoms with van der Waals surface area (Å²) in [5, 5.41) is 26.9. The van der Waals surface area contributed by atoms with Crippen molar-refractivity contribution in [2.45, 2.75) is 24.6 Å². The second kappa shape index (κ2) is 3.31. The SMILES string of the molecule is O[C@@H]1[C@H](O)[C@@H](CI)O[C@H]1O. The number of halogens is 1. The van der Waals surface area contributed by atoms with Gasteiger partial charge in [-0.3, -0.25) is 0 Å². The van der Waals surface area contributed by atoms with Crippen LogP contribution in [0, 0.1) is 0 Å². The average molecular weight is 260 g/mol. The lowest BCUT2D eigenvalue weighted by molar-refractivity contribution is -0.123. The third-order valence-corrected chi connectivity index (χ3v) is 2.36. The topological polar surface area (TPSA) is 69.9 Å². The van der Waals surface area contributed by atoms with Crippen LogP contribution in [0.5, 0.6) is 0 Å². The quantitative estimate of drug-likeness (QED) is 0.412. The van der Waals surface area contributed by atoms with Crippen LogP contribution < -0.4 is 0 Å². The van der Waals surface area contributed by atoms with Crippen molar-refractivity contribution in [1.29, 1.82) is 0 Å². The Hall–Kier alpha value is 0.570. The van der Waals surface area contributed by atoms with Crippen molar-refractivity contribution in [3.05, 3.63) is 0 Å². The molecule has 1 fully saturated rings. The molecule has 0 amide bonds. The fourth-order valence-electron chi connectivity index (χ4n) is 0.856. The molecule has 4 atom stereocenters. The van der Waals surface area contributed by atoms with E-state index in [1.807, 2.05) is 22.6 Å². The summed E-state index contributed by atoms with van der Waals surface area (Å²) in [6.45, 7) is 0. The van der Waals surface area contributed by atoms with Gasteiger partial charge in [-0.15, -0.1) is 0 Å². The van der Waals surface area contributed by atoms with Crippen LogP contribution >= 0.6 is 22.6 Å². The molecule has 1 aliphatic heterocycles. The standard InChI is InChI=1S/C5H9IO4/c6-1-2-3(7)4(8)5(9)10-2/h2-5,7-9H,1H2/t2-,3-,4-,5-/m1/s1. The van der Waals surface area contributed by atoms with Crippen LogP contribution in [0.3, 0.4) is 0 Å². The molecule has 0 aromatic carbocycles. The smallest absolute Gasteiger partial charge is 0.183 e. The molecule has 0 saturated carbocycles. The normalized spacial score (nSPS) is 48.0. The highest BCUT2D eigenvalue weighted by atomic mass is 127. The molecule has 0 unspecified atom stereocenters. The summed E-state index contributed by atoms with van der Waals surface area (Å²) in [4.78, 5) is 0. The number of ether oxygens (including phenoxy) is 1. The number of aliphatic hydroxyl groups excluding tert-OH is 3. The second-order valence-electron chi connectivity index (χ2n) is 2.20. The molecule has 0 aromatic heterocycles. The zero-order chi connectivity index (χ0) is 7.72. The molecular weight excluding hydrogens is 251 g/mol. The van der Waals surface area contributed by atoms with Crippen molar-refractivity contribution >= 4 is 22.6 Å². The maximum absolute atomic E-state index is 9.09. The minimum Gasteiger partial charge on any atom is -0.387 e.